The number of carbonyl (C=O) groups is 1. The Morgan fingerprint density at radius 2 is 2.25 bits per heavy atom. The van der Waals surface area contributed by atoms with Crippen LogP contribution in [0.5, 0.6) is 11.5 Å². The smallest absolute Gasteiger partial charge is 0.255 e. The topological polar surface area (TPSA) is 69.6 Å². The molecule has 1 aliphatic carbocycles. The molecule has 1 saturated carbocycles. The van der Waals surface area contributed by atoms with Crippen molar-refractivity contribution >= 4 is 17.5 Å². The third-order valence-corrected chi connectivity index (χ3v) is 4.50. The van der Waals surface area contributed by atoms with Crippen molar-refractivity contribution in [3.63, 3.8) is 0 Å². The van der Waals surface area contributed by atoms with Gasteiger partial charge in [0.25, 0.3) is 5.91 Å². The van der Waals surface area contributed by atoms with E-state index in [9.17, 15) is 15.0 Å². The van der Waals surface area contributed by atoms with Crippen molar-refractivity contribution in [3.8, 4) is 11.5 Å². The number of hydrogen-bond acceptors (Lipinski definition) is 3. The highest BCUT2D eigenvalue weighted by Crippen LogP contribution is 2.34. The molecule has 0 heterocycles. The number of para-hydroxylation sites is 1. The van der Waals surface area contributed by atoms with Gasteiger partial charge in [-0.1, -0.05) is 25.8 Å². The zero-order valence-electron chi connectivity index (χ0n) is 11.5. The van der Waals surface area contributed by atoms with Crippen LogP contribution in [-0.2, 0) is 0 Å². The lowest BCUT2D eigenvalue weighted by atomic mass is 9.77. The molecule has 0 spiro atoms. The largest absolute Gasteiger partial charge is 0.504 e. The molecule has 0 bridgehead atoms. The molecule has 0 aliphatic heterocycles. The highest BCUT2D eigenvalue weighted by Gasteiger charge is 2.36. The molecule has 0 aromatic heterocycles. The second-order valence-corrected chi connectivity index (χ2v) is 6.01. The van der Waals surface area contributed by atoms with Crippen molar-refractivity contribution in [1.29, 1.82) is 0 Å². The third kappa shape index (κ3) is 3.01. The van der Waals surface area contributed by atoms with Gasteiger partial charge in [-0.2, -0.15) is 0 Å². The van der Waals surface area contributed by atoms with E-state index in [1.165, 1.54) is 18.2 Å². The fourth-order valence-electron chi connectivity index (χ4n) is 2.95. The Labute approximate surface area is 123 Å². The lowest BCUT2D eigenvalue weighted by molar-refractivity contribution is 0.0864. The fourth-order valence-corrected chi connectivity index (χ4v) is 3.26. The Bertz CT molecular complexity index is 506. The number of nitrogens with one attached hydrogen (secondary N) is 1. The molecule has 1 aromatic rings. The maximum Gasteiger partial charge on any atom is 0.255 e. The molecule has 3 N–H and O–H groups in total. The van der Waals surface area contributed by atoms with Crippen LogP contribution in [0.15, 0.2) is 18.2 Å². The number of rotatable bonds is 3. The number of alkyl halides is 1. The summed E-state index contributed by atoms with van der Waals surface area (Å²) in [5.41, 5.74) is -0.346. The van der Waals surface area contributed by atoms with Crippen molar-refractivity contribution in [2.45, 2.75) is 38.1 Å². The van der Waals surface area contributed by atoms with Gasteiger partial charge in [0.05, 0.1) is 11.1 Å². The second-order valence-electron chi connectivity index (χ2n) is 5.74. The SMILES string of the molecule is CC1CCCC(CCl)(NC(=O)c2cccc(O)c2O)C1. The van der Waals surface area contributed by atoms with E-state index in [0.717, 1.165) is 25.7 Å². The van der Waals surface area contributed by atoms with Crippen LogP contribution in [-0.4, -0.2) is 27.5 Å². The van der Waals surface area contributed by atoms with E-state index in [4.69, 9.17) is 11.6 Å². The van der Waals surface area contributed by atoms with Crippen molar-refractivity contribution in [2.75, 3.05) is 5.88 Å². The van der Waals surface area contributed by atoms with Crippen LogP contribution in [0.4, 0.5) is 0 Å². The van der Waals surface area contributed by atoms with Gasteiger partial charge in [-0.15, -0.1) is 11.6 Å². The summed E-state index contributed by atoms with van der Waals surface area (Å²) >= 11 is 6.08. The average Bonchev–Trinajstić information content (AvgIpc) is 2.41. The van der Waals surface area contributed by atoms with E-state index in [1.807, 2.05) is 0 Å². The van der Waals surface area contributed by atoms with Gasteiger partial charge in [-0.05, 0) is 30.9 Å². The molecule has 4 nitrogen and oxygen atoms in total. The lowest BCUT2D eigenvalue weighted by Gasteiger charge is -2.39. The highest BCUT2D eigenvalue weighted by atomic mass is 35.5. The molecule has 1 fully saturated rings. The van der Waals surface area contributed by atoms with Crippen molar-refractivity contribution in [2.24, 2.45) is 5.92 Å². The summed E-state index contributed by atoms with van der Waals surface area (Å²) in [6.45, 7) is 2.15. The number of hydrogen-bond donors (Lipinski definition) is 3. The fraction of sp³-hybridized carbons (Fsp3) is 0.533. The van der Waals surface area contributed by atoms with Gasteiger partial charge >= 0.3 is 0 Å². The summed E-state index contributed by atoms with van der Waals surface area (Å²) in [6.07, 6.45) is 3.85. The van der Waals surface area contributed by atoms with E-state index in [1.54, 1.807) is 0 Å². The number of benzene rings is 1. The minimum Gasteiger partial charge on any atom is -0.504 e. The van der Waals surface area contributed by atoms with Crippen LogP contribution in [0, 0.1) is 5.92 Å². The molecule has 20 heavy (non-hydrogen) atoms. The van der Waals surface area contributed by atoms with Crippen LogP contribution < -0.4 is 5.32 Å². The zero-order valence-corrected chi connectivity index (χ0v) is 12.3. The van der Waals surface area contributed by atoms with Crippen molar-refractivity contribution < 1.29 is 15.0 Å². The normalized spacial score (nSPS) is 26.2. The summed E-state index contributed by atoms with van der Waals surface area (Å²) in [7, 11) is 0. The predicted octanol–water partition coefficient (Wildman–Crippen LogP) is 3.02. The Morgan fingerprint density at radius 3 is 2.90 bits per heavy atom. The molecule has 2 rings (SSSR count). The second kappa shape index (κ2) is 5.92. The molecule has 2 unspecified atom stereocenters. The number of aromatic hydroxyl groups is 2. The Balaban J connectivity index is 2.19. The predicted molar refractivity (Wildman–Crippen MR) is 78.3 cm³/mol. The van der Waals surface area contributed by atoms with Crippen LogP contribution in [0.2, 0.25) is 0 Å². The van der Waals surface area contributed by atoms with Gasteiger partial charge < -0.3 is 15.5 Å². The number of amides is 1. The molecule has 2 atom stereocenters. The summed E-state index contributed by atoms with van der Waals surface area (Å²) in [6, 6.07) is 4.35. The first-order valence-electron chi connectivity index (χ1n) is 6.87. The highest BCUT2D eigenvalue weighted by molar-refractivity contribution is 6.19. The summed E-state index contributed by atoms with van der Waals surface area (Å²) in [5, 5.41) is 22.2. The van der Waals surface area contributed by atoms with Gasteiger partial charge in [0, 0.05) is 5.88 Å². The number of halogens is 1. The molecule has 110 valence electrons. The Hall–Kier alpha value is -1.42. The van der Waals surface area contributed by atoms with E-state index >= 15 is 0 Å². The molecular weight excluding hydrogens is 278 g/mol. The summed E-state index contributed by atoms with van der Waals surface area (Å²) < 4.78 is 0. The molecule has 0 radical (unpaired) electrons. The minimum atomic E-state index is -0.422. The van der Waals surface area contributed by atoms with Crippen LogP contribution in [0.1, 0.15) is 43.0 Å². The minimum absolute atomic E-state index is 0.0766. The van der Waals surface area contributed by atoms with E-state index in [0.29, 0.717) is 11.8 Å². The Morgan fingerprint density at radius 1 is 1.50 bits per heavy atom. The van der Waals surface area contributed by atoms with Gasteiger partial charge in [0.1, 0.15) is 0 Å². The maximum atomic E-state index is 12.3. The molecule has 1 aliphatic rings. The molecule has 1 aromatic carbocycles. The zero-order chi connectivity index (χ0) is 14.8. The van der Waals surface area contributed by atoms with Crippen LogP contribution in [0.25, 0.3) is 0 Å². The van der Waals surface area contributed by atoms with Crippen molar-refractivity contribution in [1.82, 2.24) is 5.32 Å². The summed E-state index contributed by atoms with van der Waals surface area (Å²) in [4.78, 5) is 12.3. The lowest BCUT2D eigenvalue weighted by Crippen LogP contribution is -2.52. The molecule has 1 amide bonds. The maximum absolute atomic E-state index is 12.3. The van der Waals surface area contributed by atoms with Gasteiger partial charge in [0.2, 0.25) is 0 Å². The first-order valence-corrected chi connectivity index (χ1v) is 7.40. The number of carbonyl (C=O) groups excluding carboxylic acids is 1. The molecule has 0 saturated heterocycles. The molecular formula is C15H20ClNO3. The van der Waals surface area contributed by atoms with E-state index < -0.39 is 17.2 Å². The monoisotopic (exact) mass is 297 g/mol. The van der Waals surface area contributed by atoms with Crippen molar-refractivity contribution in [3.05, 3.63) is 23.8 Å². The number of phenols is 2. The third-order valence-electron chi connectivity index (χ3n) is 3.99. The van der Waals surface area contributed by atoms with Crippen LogP contribution >= 0.6 is 11.6 Å². The first kappa shape index (κ1) is 15.0. The van der Waals surface area contributed by atoms with E-state index in [-0.39, 0.29) is 11.3 Å². The summed E-state index contributed by atoms with van der Waals surface area (Å²) in [5.74, 6) is -0.218. The average molecular weight is 298 g/mol. The van der Waals surface area contributed by atoms with E-state index in [2.05, 4.69) is 12.2 Å². The van der Waals surface area contributed by atoms with Crippen LogP contribution in [0.3, 0.4) is 0 Å². The van der Waals surface area contributed by atoms with Gasteiger partial charge in [-0.3, -0.25) is 4.79 Å². The molecule has 5 heteroatoms. The van der Waals surface area contributed by atoms with Gasteiger partial charge in [0.15, 0.2) is 11.5 Å². The standard InChI is InChI=1S/C15H20ClNO3/c1-10-4-3-7-15(8-10,9-16)17-14(20)11-5-2-6-12(18)13(11)19/h2,5-6,10,18-19H,3-4,7-9H2,1H3,(H,17,20). The first-order chi connectivity index (χ1) is 9.47. The Kier molecular flexibility index (Phi) is 4.43. The van der Waals surface area contributed by atoms with Gasteiger partial charge in [-0.25, -0.2) is 0 Å². The quantitative estimate of drug-likeness (QED) is 0.593. The number of phenolic OH excluding ortho intramolecular Hbond substituents is 2.